The van der Waals surface area contributed by atoms with Gasteiger partial charge in [0.05, 0.1) is 17.1 Å². The summed E-state index contributed by atoms with van der Waals surface area (Å²) in [6.45, 7) is 2.72. The Kier molecular flexibility index (Phi) is 2.53. The number of imidazole rings is 1. The molecule has 0 aliphatic carbocycles. The first-order valence-electron chi connectivity index (χ1n) is 5.19. The van der Waals surface area contributed by atoms with Gasteiger partial charge in [-0.3, -0.25) is 4.57 Å². The predicted octanol–water partition coefficient (Wildman–Crippen LogP) is 2.91. The van der Waals surface area contributed by atoms with Crippen LogP contribution in [0.1, 0.15) is 9.88 Å². The van der Waals surface area contributed by atoms with Crippen molar-refractivity contribution in [2.75, 3.05) is 0 Å². The average molecular weight is 262 g/mol. The van der Waals surface area contributed by atoms with Crippen molar-refractivity contribution in [3.63, 3.8) is 0 Å². The molecule has 3 heterocycles. The van der Waals surface area contributed by atoms with Crippen molar-refractivity contribution in [2.24, 2.45) is 0 Å². The zero-order valence-corrected chi connectivity index (χ0v) is 10.8. The fourth-order valence-electron chi connectivity index (χ4n) is 1.77. The van der Waals surface area contributed by atoms with E-state index >= 15 is 0 Å². The molecule has 0 aliphatic rings. The Morgan fingerprint density at radius 2 is 2.35 bits per heavy atom. The molecule has 0 spiro atoms. The monoisotopic (exact) mass is 262 g/mol. The van der Waals surface area contributed by atoms with E-state index in [1.165, 1.54) is 4.88 Å². The maximum atomic E-state index is 5.31. The van der Waals surface area contributed by atoms with Gasteiger partial charge in [-0.15, -0.1) is 11.3 Å². The maximum absolute atomic E-state index is 5.31. The van der Waals surface area contributed by atoms with Gasteiger partial charge in [-0.2, -0.15) is 0 Å². The van der Waals surface area contributed by atoms with Crippen LogP contribution in [0.15, 0.2) is 24.5 Å². The number of fused-ring (bicyclic) bond motifs is 1. The molecule has 17 heavy (non-hydrogen) atoms. The van der Waals surface area contributed by atoms with Gasteiger partial charge in [0.25, 0.3) is 0 Å². The first kappa shape index (κ1) is 10.6. The molecular weight excluding hydrogens is 252 g/mol. The Morgan fingerprint density at radius 1 is 1.47 bits per heavy atom. The molecule has 1 N–H and O–H groups in total. The first-order chi connectivity index (χ1) is 8.24. The quantitative estimate of drug-likeness (QED) is 0.722. The van der Waals surface area contributed by atoms with E-state index in [9.17, 15) is 0 Å². The number of aryl methyl sites for hydroxylation is 1. The summed E-state index contributed by atoms with van der Waals surface area (Å²) in [6.07, 6.45) is 3.67. The van der Waals surface area contributed by atoms with E-state index in [0.717, 1.165) is 22.7 Å². The first-order valence-corrected chi connectivity index (χ1v) is 6.41. The molecule has 0 atom stereocenters. The lowest BCUT2D eigenvalue weighted by Gasteiger charge is -2.00. The number of aromatic amines is 1. The Bertz CT molecular complexity index is 722. The lowest BCUT2D eigenvalue weighted by molar-refractivity contribution is 0.811. The summed E-state index contributed by atoms with van der Waals surface area (Å²) < 4.78 is 2.70. The second-order valence-electron chi connectivity index (χ2n) is 3.74. The van der Waals surface area contributed by atoms with E-state index in [1.807, 2.05) is 29.8 Å². The van der Waals surface area contributed by atoms with E-state index in [4.69, 9.17) is 12.2 Å². The van der Waals surface area contributed by atoms with Gasteiger partial charge in [-0.1, -0.05) is 0 Å². The Balaban J connectivity index is 2.11. The molecule has 3 aromatic heterocycles. The third-order valence-corrected chi connectivity index (χ3v) is 3.73. The van der Waals surface area contributed by atoms with Gasteiger partial charge in [0.15, 0.2) is 10.4 Å². The minimum Gasteiger partial charge on any atom is -0.329 e. The molecule has 3 aromatic rings. The van der Waals surface area contributed by atoms with Gasteiger partial charge in [0, 0.05) is 17.3 Å². The van der Waals surface area contributed by atoms with Crippen LogP contribution in [0.5, 0.6) is 0 Å². The fraction of sp³-hybridized carbons (Fsp3) is 0.182. The van der Waals surface area contributed by atoms with Crippen LogP contribution in [-0.2, 0) is 6.54 Å². The minimum absolute atomic E-state index is 0.699. The number of pyridine rings is 1. The van der Waals surface area contributed by atoms with Gasteiger partial charge in [0.2, 0.25) is 0 Å². The second-order valence-corrected chi connectivity index (χ2v) is 5.44. The summed E-state index contributed by atoms with van der Waals surface area (Å²) in [5.74, 6) is 0. The number of nitrogens with zero attached hydrogens (tertiary/aromatic N) is 3. The number of aromatic nitrogens is 4. The molecule has 0 unspecified atom stereocenters. The van der Waals surface area contributed by atoms with Gasteiger partial charge in [-0.05, 0) is 31.3 Å². The number of nitrogens with one attached hydrogen (secondary N) is 1. The smallest absolute Gasteiger partial charge is 0.179 e. The molecule has 0 saturated heterocycles. The van der Waals surface area contributed by atoms with E-state index < -0.39 is 0 Å². The predicted molar refractivity (Wildman–Crippen MR) is 70.9 cm³/mol. The Hall–Kier alpha value is -1.53. The van der Waals surface area contributed by atoms with Crippen molar-refractivity contribution >= 4 is 34.7 Å². The van der Waals surface area contributed by atoms with Crippen LogP contribution in [0.3, 0.4) is 0 Å². The summed E-state index contributed by atoms with van der Waals surface area (Å²) in [5.41, 5.74) is 1.86. The van der Waals surface area contributed by atoms with Crippen LogP contribution in [-0.4, -0.2) is 19.5 Å². The normalized spacial score (nSPS) is 11.1. The molecule has 0 saturated carbocycles. The third-order valence-electron chi connectivity index (χ3n) is 2.51. The molecule has 0 bridgehead atoms. The molecule has 6 heteroatoms. The molecule has 0 fully saturated rings. The molecule has 4 nitrogen and oxygen atoms in total. The van der Waals surface area contributed by atoms with Crippen LogP contribution in [0.4, 0.5) is 0 Å². The molecular formula is C11H10N4S2. The largest absolute Gasteiger partial charge is 0.329 e. The van der Waals surface area contributed by atoms with Crippen molar-refractivity contribution in [1.82, 2.24) is 19.5 Å². The molecule has 3 rings (SSSR count). The van der Waals surface area contributed by atoms with Crippen LogP contribution in [0.25, 0.3) is 11.2 Å². The van der Waals surface area contributed by atoms with Gasteiger partial charge < -0.3 is 4.98 Å². The highest BCUT2D eigenvalue weighted by atomic mass is 32.1. The van der Waals surface area contributed by atoms with Crippen molar-refractivity contribution in [3.05, 3.63) is 39.2 Å². The van der Waals surface area contributed by atoms with E-state index in [1.54, 1.807) is 17.5 Å². The highest BCUT2D eigenvalue weighted by Crippen LogP contribution is 2.17. The number of hydrogen-bond donors (Lipinski definition) is 1. The highest BCUT2D eigenvalue weighted by molar-refractivity contribution is 7.71. The molecule has 0 radical (unpaired) electrons. The van der Waals surface area contributed by atoms with Gasteiger partial charge in [-0.25, -0.2) is 9.97 Å². The lowest BCUT2D eigenvalue weighted by Crippen LogP contribution is -1.98. The Labute approximate surface area is 107 Å². The molecule has 0 amide bonds. The van der Waals surface area contributed by atoms with Crippen molar-refractivity contribution in [1.29, 1.82) is 0 Å². The number of hydrogen-bond acceptors (Lipinski definition) is 4. The van der Waals surface area contributed by atoms with Gasteiger partial charge >= 0.3 is 0 Å². The number of rotatable bonds is 2. The summed E-state index contributed by atoms with van der Waals surface area (Å²) >= 11 is 6.99. The van der Waals surface area contributed by atoms with Crippen LogP contribution < -0.4 is 0 Å². The molecule has 0 aliphatic heterocycles. The van der Waals surface area contributed by atoms with Crippen LogP contribution in [0, 0.1) is 11.7 Å². The second kappa shape index (κ2) is 4.05. The number of thiazole rings is 1. The van der Waals surface area contributed by atoms with Crippen LogP contribution in [0.2, 0.25) is 0 Å². The van der Waals surface area contributed by atoms with Crippen molar-refractivity contribution in [3.8, 4) is 0 Å². The van der Waals surface area contributed by atoms with Crippen LogP contribution >= 0.6 is 23.6 Å². The number of H-pyrrole nitrogens is 1. The third kappa shape index (κ3) is 1.89. The average Bonchev–Trinajstić information content (AvgIpc) is 2.85. The summed E-state index contributed by atoms with van der Waals surface area (Å²) in [4.78, 5) is 12.9. The summed E-state index contributed by atoms with van der Waals surface area (Å²) in [6, 6.07) is 3.88. The summed E-state index contributed by atoms with van der Waals surface area (Å²) in [5, 5.41) is 1.07. The van der Waals surface area contributed by atoms with Crippen molar-refractivity contribution < 1.29 is 0 Å². The van der Waals surface area contributed by atoms with Gasteiger partial charge in [0.1, 0.15) is 0 Å². The zero-order valence-electron chi connectivity index (χ0n) is 9.17. The Morgan fingerprint density at radius 3 is 3.12 bits per heavy atom. The van der Waals surface area contributed by atoms with E-state index in [2.05, 4.69) is 15.0 Å². The topological polar surface area (TPSA) is 46.5 Å². The highest BCUT2D eigenvalue weighted by Gasteiger charge is 2.07. The lowest BCUT2D eigenvalue weighted by atomic mass is 10.4. The standard InChI is InChI=1S/C11H10N4S2/c1-7-13-5-8(17-7)6-15-10-9(14-11(15)16)3-2-4-12-10/h2-5H,6H2,1H3,(H,14,16). The SMILES string of the molecule is Cc1ncc(Cn2c(=S)[nH]c3cccnc32)s1. The molecule has 86 valence electrons. The van der Waals surface area contributed by atoms with E-state index in [0.29, 0.717) is 4.77 Å². The maximum Gasteiger partial charge on any atom is 0.179 e. The van der Waals surface area contributed by atoms with E-state index in [-0.39, 0.29) is 0 Å². The summed E-state index contributed by atoms with van der Waals surface area (Å²) in [7, 11) is 0. The zero-order chi connectivity index (χ0) is 11.8. The van der Waals surface area contributed by atoms with Crippen molar-refractivity contribution in [2.45, 2.75) is 13.5 Å². The fourth-order valence-corrected chi connectivity index (χ4v) is 2.81. The molecule has 0 aromatic carbocycles. The minimum atomic E-state index is 0.699.